The van der Waals surface area contributed by atoms with E-state index in [0.29, 0.717) is 0 Å². The maximum atomic E-state index is 11.4. The summed E-state index contributed by atoms with van der Waals surface area (Å²) in [7, 11) is -0.607. The first-order valence-electron chi connectivity index (χ1n) is 7.24. The van der Waals surface area contributed by atoms with Crippen LogP contribution in [0.5, 0.6) is 0 Å². The molecule has 1 aliphatic rings. The molecule has 0 aromatic carbocycles. The lowest BCUT2D eigenvalue weighted by molar-refractivity contribution is 0.289. The van der Waals surface area contributed by atoms with Crippen LogP contribution in [0.15, 0.2) is 10.5 Å². The van der Waals surface area contributed by atoms with Crippen molar-refractivity contribution in [2.45, 2.75) is 46.3 Å². The fourth-order valence-corrected chi connectivity index (χ4v) is 3.39. The lowest BCUT2D eigenvalue weighted by Gasteiger charge is -2.25. The van der Waals surface area contributed by atoms with Crippen molar-refractivity contribution in [3.8, 4) is 0 Å². The number of rotatable bonds is 4. The Kier molecular flexibility index (Phi) is 5.04. The first-order chi connectivity index (χ1) is 9.33. The van der Waals surface area contributed by atoms with Crippen LogP contribution in [0.3, 0.4) is 0 Å². The highest BCUT2D eigenvalue weighted by Gasteiger charge is 2.18. The van der Waals surface area contributed by atoms with E-state index >= 15 is 0 Å². The van der Waals surface area contributed by atoms with Gasteiger partial charge in [-0.1, -0.05) is 0 Å². The van der Waals surface area contributed by atoms with Crippen molar-refractivity contribution in [2.24, 2.45) is 0 Å². The molecule has 2 rings (SSSR count). The molecular formula is C15H26N2O2S. The molecule has 20 heavy (non-hydrogen) atoms. The van der Waals surface area contributed by atoms with Gasteiger partial charge in [-0.25, -0.2) is 0 Å². The molecule has 0 bridgehead atoms. The maximum absolute atomic E-state index is 11.4. The summed E-state index contributed by atoms with van der Waals surface area (Å²) in [5.41, 5.74) is 1.35. The Morgan fingerprint density at radius 1 is 1.35 bits per heavy atom. The molecule has 1 saturated heterocycles. The van der Waals surface area contributed by atoms with Crippen LogP contribution in [-0.4, -0.2) is 39.2 Å². The highest BCUT2D eigenvalue weighted by molar-refractivity contribution is 7.85. The van der Waals surface area contributed by atoms with Crippen molar-refractivity contribution in [3.63, 3.8) is 0 Å². The van der Waals surface area contributed by atoms with Gasteiger partial charge in [0.2, 0.25) is 0 Å². The van der Waals surface area contributed by atoms with Gasteiger partial charge < -0.3 is 9.73 Å². The third-order valence-corrected chi connectivity index (χ3v) is 4.80. The molecule has 0 atom stereocenters. The highest BCUT2D eigenvalue weighted by Crippen LogP contribution is 2.18. The fraction of sp³-hybridized carbons (Fsp3) is 0.733. The molecule has 1 fully saturated rings. The van der Waals surface area contributed by atoms with Crippen LogP contribution < -0.4 is 5.32 Å². The smallest absolute Gasteiger partial charge is 0.118 e. The Hall–Kier alpha value is -0.650. The summed E-state index contributed by atoms with van der Waals surface area (Å²) in [6, 6.07) is 2.15. The molecule has 4 nitrogen and oxygen atoms in total. The minimum absolute atomic E-state index is 0.0950. The van der Waals surface area contributed by atoms with Gasteiger partial charge in [0, 0.05) is 53.0 Å². The van der Waals surface area contributed by atoms with Crippen molar-refractivity contribution in [1.29, 1.82) is 0 Å². The molecule has 0 unspecified atom stereocenters. The fourth-order valence-electron chi connectivity index (χ4n) is 2.26. The second-order valence-electron chi connectivity index (χ2n) is 6.52. The van der Waals surface area contributed by atoms with Gasteiger partial charge in [0.1, 0.15) is 11.5 Å². The summed E-state index contributed by atoms with van der Waals surface area (Å²) in [6.07, 6.45) is 0. The van der Waals surface area contributed by atoms with E-state index in [9.17, 15) is 4.21 Å². The zero-order valence-electron chi connectivity index (χ0n) is 13.0. The minimum atomic E-state index is -0.607. The number of furan rings is 1. The lowest BCUT2D eigenvalue weighted by Crippen LogP contribution is -2.37. The van der Waals surface area contributed by atoms with E-state index in [1.807, 2.05) is 6.92 Å². The second-order valence-corrected chi connectivity index (χ2v) is 8.22. The standard InChI is InChI=1S/C15H26N2O2S/c1-12-13(11-17-5-7-20(18)8-6-17)9-14(19-12)10-16-15(2,3)4/h9,16H,5-8,10-11H2,1-4H3. The van der Waals surface area contributed by atoms with Crippen LogP contribution in [0.4, 0.5) is 0 Å². The van der Waals surface area contributed by atoms with Crippen LogP contribution in [0.1, 0.15) is 37.9 Å². The zero-order valence-corrected chi connectivity index (χ0v) is 13.8. The molecule has 114 valence electrons. The molecule has 2 heterocycles. The van der Waals surface area contributed by atoms with Crippen molar-refractivity contribution in [2.75, 3.05) is 24.6 Å². The Morgan fingerprint density at radius 3 is 2.60 bits per heavy atom. The summed E-state index contributed by atoms with van der Waals surface area (Å²) < 4.78 is 17.2. The van der Waals surface area contributed by atoms with E-state index in [1.54, 1.807) is 0 Å². The van der Waals surface area contributed by atoms with E-state index in [4.69, 9.17) is 4.42 Å². The third-order valence-electron chi connectivity index (χ3n) is 3.53. The quantitative estimate of drug-likeness (QED) is 0.924. The third kappa shape index (κ3) is 4.72. The van der Waals surface area contributed by atoms with Gasteiger partial charge in [-0.05, 0) is 33.8 Å². The summed E-state index contributed by atoms with van der Waals surface area (Å²) in [6.45, 7) is 12.0. The Labute approximate surface area is 124 Å². The summed E-state index contributed by atoms with van der Waals surface area (Å²) in [5.74, 6) is 3.60. The van der Waals surface area contributed by atoms with Crippen LogP contribution >= 0.6 is 0 Å². The number of hydrogen-bond acceptors (Lipinski definition) is 4. The largest absolute Gasteiger partial charge is 0.465 e. The number of hydrogen-bond donors (Lipinski definition) is 1. The normalized spacial score (nSPS) is 18.6. The van der Waals surface area contributed by atoms with Crippen LogP contribution in [0.25, 0.3) is 0 Å². The predicted molar refractivity (Wildman–Crippen MR) is 83.2 cm³/mol. The SMILES string of the molecule is Cc1oc(CNC(C)(C)C)cc1CN1CCS(=O)CC1. The first-order valence-corrected chi connectivity index (χ1v) is 8.73. The average Bonchev–Trinajstić information content (AvgIpc) is 2.70. The molecule has 1 aromatic heterocycles. The maximum Gasteiger partial charge on any atom is 0.118 e. The van der Waals surface area contributed by atoms with Gasteiger partial charge in [0.15, 0.2) is 0 Å². The van der Waals surface area contributed by atoms with Gasteiger partial charge in [-0.3, -0.25) is 9.11 Å². The molecule has 0 spiro atoms. The first kappa shape index (κ1) is 15.7. The minimum Gasteiger partial charge on any atom is -0.465 e. The van der Waals surface area contributed by atoms with Gasteiger partial charge >= 0.3 is 0 Å². The Bertz CT molecular complexity index is 467. The molecule has 1 aliphatic heterocycles. The van der Waals surface area contributed by atoms with Crippen molar-refractivity contribution >= 4 is 10.8 Å². The van der Waals surface area contributed by atoms with Gasteiger partial charge in [0.05, 0.1) is 6.54 Å². The van der Waals surface area contributed by atoms with Gasteiger partial charge in [0.25, 0.3) is 0 Å². The molecular weight excluding hydrogens is 272 g/mol. The molecule has 0 radical (unpaired) electrons. The highest BCUT2D eigenvalue weighted by atomic mass is 32.2. The number of nitrogens with one attached hydrogen (secondary N) is 1. The van der Waals surface area contributed by atoms with Crippen molar-refractivity contribution in [3.05, 3.63) is 23.2 Å². The summed E-state index contributed by atoms with van der Waals surface area (Å²) in [4.78, 5) is 2.36. The number of aryl methyl sites for hydroxylation is 1. The monoisotopic (exact) mass is 298 g/mol. The van der Waals surface area contributed by atoms with Gasteiger partial charge in [-0.2, -0.15) is 0 Å². The molecule has 5 heteroatoms. The van der Waals surface area contributed by atoms with E-state index in [-0.39, 0.29) is 5.54 Å². The second kappa shape index (κ2) is 6.41. The van der Waals surface area contributed by atoms with Crippen molar-refractivity contribution < 1.29 is 8.63 Å². The Balaban J connectivity index is 1.92. The molecule has 1 aromatic rings. The van der Waals surface area contributed by atoms with E-state index in [0.717, 1.165) is 49.2 Å². The van der Waals surface area contributed by atoms with Crippen LogP contribution in [-0.2, 0) is 23.9 Å². The van der Waals surface area contributed by atoms with Gasteiger partial charge in [-0.15, -0.1) is 0 Å². The Morgan fingerprint density at radius 2 is 2.00 bits per heavy atom. The molecule has 0 amide bonds. The summed E-state index contributed by atoms with van der Waals surface area (Å²) >= 11 is 0. The van der Waals surface area contributed by atoms with Crippen LogP contribution in [0.2, 0.25) is 0 Å². The summed E-state index contributed by atoms with van der Waals surface area (Å²) in [5, 5.41) is 3.44. The van der Waals surface area contributed by atoms with E-state index < -0.39 is 10.8 Å². The van der Waals surface area contributed by atoms with E-state index in [1.165, 1.54) is 5.56 Å². The molecule has 0 saturated carbocycles. The lowest BCUT2D eigenvalue weighted by atomic mass is 10.1. The predicted octanol–water partition coefficient (Wildman–Crippen LogP) is 2.04. The molecule has 1 N–H and O–H groups in total. The van der Waals surface area contributed by atoms with Crippen LogP contribution in [0, 0.1) is 6.92 Å². The van der Waals surface area contributed by atoms with E-state index in [2.05, 4.69) is 37.1 Å². The topological polar surface area (TPSA) is 45.5 Å². The average molecular weight is 298 g/mol. The zero-order chi connectivity index (χ0) is 14.8. The number of nitrogens with zero attached hydrogens (tertiary/aromatic N) is 1. The van der Waals surface area contributed by atoms with Crippen molar-refractivity contribution in [1.82, 2.24) is 10.2 Å². The molecule has 0 aliphatic carbocycles.